The molecule has 0 unspecified atom stereocenters. The Kier molecular flexibility index (Phi) is 16.0. The fraction of sp³-hybridized carbons (Fsp3) is 0.576. The zero-order valence-electron chi connectivity index (χ0n) is 30.9. The van der Waals surface area contributed by atoms with E-state index in [4.69, 9.17) is 59.0 Å². The first-order valence-corrected chi connectivity index (χ1v) is 16.9. The Morgan fingerprint density at radius 1 is 0.643 bits per heavy atom. The van der Waals surface area contributed by atoms with E-state index in [9.17, 15) is 48.5 Å². The Bertz CT molecular complexity index is 1700. The number of amides is 1. The minimum absolute atomic E-state index is 0.281. The molecule has 2 saturated heterocycles. The van der Waals surface area contributed by atoms with Gasteiger partial charge in [-0.25, -0.2) is 0 Å². The van der Waals surface area contributed by atoms with E-state index in [2.05, 4.69) is 5.32 Å². The molecule has 56 heavy (non-hydrogen) atoms. The van der Waals surface area contributed by atoms with E-state index in [-0.39, 0.29) is 10.6 Å². The van der Waals surface area contributed by atoms with Gasteiger partial charge in [0.05, 0.1) is 4.92 Å². The van der Waals surface area contributed by atoms with Gasteiger partial charge in [0.1, 0.15) is 36.5 Å². The van der Waals surface area contributed by atoms with E-state index in [0.717, 1.165) is 66.7 Å². The lowest BCUT2D eigenvalue weighted by Gasteiger charge is -2.48. The van der Waals surface area contributed by atoms with E-state index >= 15 is 0 Å². The normalized spacial score (nSPS) is 27.0. The van der Waals surface area contributed by atoms with Crippen molar-refractivity contribution in [3.8, 4) is 0 Å². The topological polar surface area (TPSA) is 284 Å². The number of carbonyl (C=O) groups excluding carboxylic acids is 8. The number of hydrogen-bond donors (Lipinski definition) is 1. The number of nitro benzene ring substituents is 1. The number of halogens is 1. The minimum Gasteiger partial charge on any atom is -0.463 e. The number of nitrogens with one attached hydrogen (secondary N) is 1. The summed E-state index contributed by atoms with van der Waals surface area (Å²) in [7, 11) is 0. The van der Waals surface area contributed by atoms with Crippen LogP contribution in [0.3, 0.4) is 0 Å². The van der Waals surface area contributed by atoms with Crippen molar-refractivity contribution in [1.29, 1.82) is 0 Å². The summed E-state index contributed by atoms with van der Waals surface area (Å²) >= 11 is 5.89. The van der Waals surface area contributed by atoms with Crippen LogP contribution in [0, 0.1) is 10.1 Å². The highest BCUT2D eigenvalue weighted by atomic mass is 35.5. The van der Waals surface area contributed by atoms with Crippen LogP contribution in [0.5, 0.6) is 0 Å². The Hall–Kier alpha value is -5.45. The van der Waals surface area contributed by atoms with Gasteiger partial charge in [-0.15, -0.1) is 0 Å². The molecule has 0 radical (unpaired) electrons. The second-order valence-corrected chi connectivity index (χ2v) is 12.5. The third-order valence-electron chi connectivity index (χ3n) is 7.61. The maximum atomic E-state index is 13.4. The fourth-order valence-corrected chi connectivity index (χ4v) is 5.82. The summed E-state index contributed by atoms with van der Waals surface area (Å²) in [6.45, 7) is 5.65. The van der Waals surface area contributed by atoms with Gasteiger partial charge < -0.3 is 52.7 Å². The molecule has 0 aromatic heterocycles. The quantitative estimate of drug-likeness (QED) is 0.116. The Morgan fingerprint density at radius 2 is 1.09 bits per heavy atom. The average Bonchev–Trinajstić information content (AvgIpc) is 3.07. The second-order valence-electron chi connectivity index (χ2n) is 12.1. The summed E-state index contributed by atoms with van der Waals surface area (Å²) in [6, 6.07) is 3.09. The number of ether oxygens (including phenoxy) is 10. The van der Waals surface area contributed by atoms with Crippen molar-refractivity contribution in [2.24, 2.45) is 0 Å². The van der Waals surface area contributed by atoms with E-state index in [0.29, 0.717) is 0 Å². The highest BCUT2D eigenvalue weighted by Crippen LogP contribution is 2.35. The Labute approximate surface area is 322 Å². The highest BCUT2D eigenvalue weighted by Gasteiger charge is 2.57. The number of nitrogens with zero attached hydrogens (tertiary/aromatic N) is 1. The van der Waals surface area contributed by atoms with Gasteiger partial charge >= 0.3 is 41.8 Å². The molecule has 10 atom stereocenters. The first-order chi connectivity index (χ1) is 26.2. The largest absolute Gasteiger partial charge is 0.463 e. The standard InChI is InChI=1S/C33H39ClN2O20/c1-13(37)47-11-23-26(56-33-30(53-19(7)43)28(51-17(5)41)25(49-15(3)39)24(55-33)12-48-14(2)38)27(50-16(4)40)29(52-18(6)42)32(54-23)35-31(44)20-8-9-21(34)22(10-20)36(45)46/h8-10,23-30,32-33H,11-12H2,1-7H3,(H,35,44)/t23-,24-,25-,26-,27+,28+,29-,30-,32-,33-/m1/s1. The first kappa shape index (κ1) is 44.9. The molecule has 2 fully saturated rings. The lowest BCUT2D eigenvalue weighted by molar-refractivity contribution is -0.384. The van der Waals surface area contributed by atoms with Crippen molar-refractivity contribution in [3.63, 3.8) is 0 Å². The van der Waals surface area contributed by atoms with Crippen LogP contribution in [0.2, 0.25) is 5.02 Å². The number of esters is 7. The van der Waals surface area contributed by atoms with Gasteiger partial charge in [0.2, 0.25) is 0 Å². The predicted molar refractivity (Wildman–Crippen MR) is 179 cm³/mol. The molecule has 1 aromatic carbocycles. The molecule has 0 aliphatic carbocycles. The lowest BCUT2D eigenvalue weighted by Crippen LogP contribution is -2.68. The number of benzene rings is 1. The summed E-state index contributed by atoms with van der Waals surface area (Å²) in [5.41, 5.74) is -0.924. The van der Waals surface area contributed by atoms with Crippen LogP contribution in [-0.2, 0) is 80.9 Å². The fourth-order valence-electron chi connectivity index (χ4n) is 5.63. The first-order valence-electron chi connectivity index (χ1n) is 16.5. The van der Waals surface area contributed by atoms with Crippen LogP contribution in [0.15, 0.2) is 18.2 Å². The molecule has 2 aliphatic rings. The van der Waals surface area contributed by atoms with Gasteiger partial charge in [-0.1, -0.05) is 11.6 Å². The molecular weight excluding hydrogens is 780 g/mol. The van der Waals surface area contributed by atoms with Crippen LogP contribution >= 0.6 is 11.6 Å². The monoisotopic (exact) mass is 818 g/mol. The van der Waals surface area contributed by atoms with E-state index in [1.54, 1.807) is 0 Å². The average molecular weight is 819 g/mol. The minimum atomic E-state index is -1.92. The molecule has 308 valence electrons. The summed E-state index contributed by atoms with van der Waals surface area (Å²) in [5.74, 6) is -7.54. The smallest absolute Gasteiger partial charge is 0.303 e. The second kappa shape index (κ2) is 19.9. The maximum absolute atomic E-state index is 13.4. The van der Waals surface area contributed by atoms with Gasteiger partial charge in [0.25, 0.3) is 11.6 Å². The number of nitro groups is 1. The van der Waals surface area contributed by atoms with Crippen LogP contribution in [-0.4, -0.2) is 127 Å². The summed E-state index contributed by atoms with van der Waals surface area (Å²) < 4.78 is 55.8. The lowest BCUT2D eigenvalue weighted by atomic mass is 9.95. The van der Waals surface area contributed by atoms with Gasteiger partial charge in [0, 0.05) is 60.1 Å². The molecule has 0 bridgehead atoms. The Morgan fingerprint density at radius 3 is 1.57 bits per heavy atom. The van der Waals surface area contributed by atoms with Crippen molar-refractivity contribution in [2.75, 3.05) is 13.2 Å². The van der Waals surface area contributed by atoms with Crippen LogP contribution < -0.4 is 5.32 Å². The molecule has 3 rings (SSSR count). The highest BCUT2D eigenvalue weighted by molar-refractivity contribution is 6.32. The van der Waals surface area contributed by atoms with Crippen molar-refractivity contribution >= 4 is 65.0 Å². The number of carbonyl (C=O) groups is 8. The maximum Gasteiger partial charge on any atom is 0.303 e. The van der Waals surface area contributed by atoms with Crippen molar-refractivity contribution in [2.45, 2.75) is 110 Å². The van der Waals surface area contributed by atoms with Crippen molar-refractivity contribution in [1.82, 2.24) is 5.32 Å². The molecule has 22 nitrogen and oxygen atoms in total. The van der Waals surface area contributed by atoms with Crippen LogP contribution in [0.25, 0.3) is 0 Å². The van der Waals surface area contributed by atoms with Gasteiger partial charge in [-0.05, 0) is 12.1 Å². The summed E-state index contributed by atoms with van der Waals surface area (Å²) in [6.07, 6.45) is -17.2. The molecule has 1 amide bonds. The molecule has 2 heterocycles. The van der Waals surface area contributed by atoms with Crippen LogP contribution in [0.1, 0.15) is 58.8 Å². The van der Waals surface area contributed by atoms with E-state index in [1.165, 1.54) is 0 Å². The van der Waals surface area contributed by atoms with Gasteiger partial charge in [0.15, 0.2) is 43.0 Å². The Balaban J connectivity index is 2.18. The van der Waals surface area contributed by atoms with Gasteiger partial charge in [-0.2, -0.15) is 0 Å². The van der Waals surface area contributed by atoms with E-state index in [1.807, 2.05) is 0 Å². The molecule has 0 spiro atoms. The molecule has 23 heteroatoms. The third-order valence-corrected chi connectivity index (χ3v) is 7.93. The zero-order chi connectivity index (χ0) is 42.0. The SMILES string of the molecule is CC(=O)OC[C@H]1O[C@@H](NC(=O)c2ccc(Cl)c([N+](=O)[O-])c2)[C@H](OC(C)=O)[C@@H](OC(C)=O)[C@@H]1O[C@H]1O[C@H](COC(C)=O)[C@@H](OC(C)=O)[C@H](OC(C)=O)[C@H]1OC(C)=O. The number of hydrogen-bond acceptors (Lipinski definition) is 20. The molecular formula is C33H39ClN2O20. The third kappa shape index (κ3) is 12.5. The van der Waals surface area contributed by atoms with E-state index < -0.39 is 133 Å². The zero-order valence-corrected chi connectivity index (χ0v) is 31.7. The summed E-state index contributed by atoms with van der Waals surface area (Å²) in [5, 5.41) is 13.6. The van der Waals surface area contributed by atoms with Crippen molar-refractivity contribution in [3.05, 3.63) is 38.9 Å². The summed E-state index contributed by atoms with van der Waals surface area (Å²) in [4.78, 5) is 110. The van der Waals surface area contributed by atoms with Crippen LogP contribution in [0.4, 0.5) is 5.69 Å². The predicted octanol–water partition coefficient (Wildman–Crippen LogP) is 0.598. The molecule has 1 N–H and O–H groups in total. The van der Waals surface area contributed by atoms with Crippen molar-refractivity contribution < 1.29 is 90.6 Å². The van der Waals surface area contributed by atoms with Gasteiger partial charge in [-0.3, -0.25) is 48.5 Å². The molecule has 1 aromatic rings. The molecule has 0 saturated carbocycles. The number of rotatable bonds is 14. The molecule has 2 aliphatic heterocycles.